The quantitative estimate of drug-likeness (QED) is 0.653. The number of anilines is 2. The molecule has 0 bridgehead atoms. The van der Waals surface area contributed by atoms with Crippen LogP contribution < -0.4 is 11.1 Å². The van der Waals surface area contributed by atoms with Crippen LogP contribution in [0.5, 0.6) is 0 Å². The van der Waals surface area contributed by atoms with Crippen molar-refractivity contribution in [3.63, 3.8) is 0 Å². The van der Waals surface area contributed by atoms with Gasteiger partial charge in [-0.2, -0.15) is 0 Å². The summed E-state index contributed by atoms with van der Waals surface area (Å²) in [5.74, 6) is 0.0555. The molecule has 1 aromatic rings. The number of ether oxygens (including phenoxy) is 3. The van der Waals surface area contributed by atoms with E-state index in [-0.39, 0.29) is 12.0 Å². The Morgan fingerprint density at radius 2 is 2.00 bits per heavy atom. The minimum atomic E-state index is -0.367. The van der Waals surface area contributed by atoms with Crippen molar-refractivity contribution in [1.82, 2.24) is 0 Å². The van der Waals surface area contributed by atoms with Gasteiger partial charge in [-0.3, -0.25) is 0 Å². The number of nitrogen functional groups attached to an aromatic ring is 1. The topological polar surface area (TPSA) is 82.8 Å². The second-order valence-corrected chi connectivity index (χ2v) is 4.97. The lowest BCUT2D eigenvalue weighted by Crippen LogP contribution is -2.26. The molecule has 1 saturated heterocycles. The third-order valence-electron chi connectivity index (χ3n) is 3.18. The average molecular weight is 296 g/mol. The van der Waals surface area contributed by atoms with Crippen LogP contribution >= 0.6 is 0 Å². The first-order valence-electron chi connectivity index (χ1n) is 6.75. The molecule has 1 aromatic carbocycles. The van der Waals surface area contributed by atoms with Crippen LogP contribution in [-0.2, 0) is 14.2 Å². The molecule has 3 N–H and O–H groups in total. The molecular weight excluding hydrogens is 272 g/mol. The van der Waals surface area contributed by atoms with Gasteiger partial charge in [-0.05, 0) is 18.2 Å². The molecule has 6 nitrogen and oxygen atoms in total. The molecule has 1 fully saturated rings. The fraction of sp³-hybridized carbons (Fsp3) is 0.533. The number of carbonyl (C=O) groups excluding carboxylic acids is 1. The minimum absolute atomic E-state index is 0.222. The highest BCUT2D eigenvalue weighted by molar-refractivity contribution is 5.92. The molecule has 2 unspecified atom stereocenters. The maximum atomic E-state index is 11.5. The van der Waals surface area contributed by atoms with Gasteiger partial charge in [0.05, 0.1) is 43.3 Å². The van der Waals surface area contributed by atoms with Crippen molar-refractivity contribution in [3.8, 4) is 0 Å². The maximum Gasteiger partial charge on any atom is 0.337 e. The van der Waals surface area contributed by atoms with E-state index in [1.165, 1.54) is 7.11 Å². The van der Waals surface area contributed by atoms with Crippen LogP contribution in [0.15, 0.2) is 18.2 Å². The average Bonchev–Trinajstić information content (AvgIpc) is 2.87. The third kappa shape index (κ3) is 4.91. The largest absolute Gasteiger partial charge is 0.465 e. The van der Waals surface area contributed by atoms with Gasteiger partial charge in [-0.25, -0.2) is 4.79 Å². The Labute approximate surface area is 125 Å². The van der Waals surface area contributed by atoms with E-state index in [0.29, 0.717) is 23.8 Å². The van der Waals surface area contributed by atoms with Crippen molar-refractivity contribution < 1.29 is 19.0 Å². The van der Waals surface area contributed by atoms with Crippen LogP contribution in [0, 0.1) is 5.92 Å². The van der Waals surface area contributed by atoms with Gasteiger partial charge in [0.25, 0.3) is 0 Å². The summed E-state index contributed by atoms with van der Waals surface area (Å²) in [5.41, 5.74) is 7.75. The fourth-order valence-electron chi connectivity index (χ4n) is 1.97. The zero-order valence-corrected chi connectivity index (χ0v) is 13.0. The number of benzene rings is 1. The van der Waals surface area contributed by atoms with Crippen molar-refractivity contribution >= 4 is 17.3 Å². The van der Waals surface area contributed by atoms with E-state index in [1.807, 2.05) is 0 Å². The Morgan fingerprint density at radius 1 is 1.33 bits per heavy atom. The van der Waals surface area contributed by atoms with E-state index < -0.39 is 0 Å². The predicted molar refractivity (Wildman–Crippen MR) is 82.5 cm³/mol. The Balaban J connectivity index is 0.000000677. The van der Waals surface area contributed by atoms with Crippen LogP contribution in [0.4, 0.5) is 11.4 Å². The zero-order chi connectivity index (χ0) is 15.8. The normalized spacial score (nSPS) is 20.4. The molecule has 118 valence electrons. The second kappa shape index (κ2) is 8.49. The van der Waals surface area contributed by atoms with Crippen LogP contribution in [0.1, 0.15) is 17.3 Å². The first-order valence-corrected chi connectivity index (χ1v) is 6.75. The first kappa shape index (κ1) is 17.3. The summed E-state index contributed by atoms with van der Waals surface area (Å²) in [7, 11) is 4.61. The molecule has 0 aromatic heterocycles. The molecule has 21 heavy (non-hydrogen) atoms. The lowest BCUT2D eigenvalue weighted by molar-refractivity contribution is 0.0601. The van der Waals surface area contributed by atoms with E-state index in [2.05, 4.69) is 17.0 Å². The van der Waals surface area contributed by atoms with E-state index in [1.54, 1.807) is 32.4 Å². The molecule has 0 aliphatic carbocycles. The summed E-state index contributed by atoms with van der Waals surface area (Å²) in [6, 6.07) is 5.29. The van der Waals surface area contributed by atoms with Gasteiger partial charge >= 0.3 is 5.97 Å². The summed E-state index contributed by atoms with van der Waals surface area (Å²) in [6.45, 7) is 3.52. The predicted octanol–water partition coefficient (Wildman–Crippen LogP) is 1.76. The van der Waals surface area contributed by atoms with Gasteiger partial charge in [-0.1, -0.05) is 6.92 Å². The standard InChI is InChI=1S/C13H18N2O3.C2H6O/c1-8-6-18-7-12(8)15-11-5-9(13(16)17-2)3-4-10(11)14;1-3-2/h3-5,8,12,15H,6-7,14H2,1-2H3;1-2H3. The highest BCUT2D eigenvalue weighted by Gasteiger charge is 2.24. The highest BCUT2D eigenvalue weighted by atomic mass is 16.5. The fourth-order valence-corrected chi connectivity index (χ4v) is 1.97. The number of nitrogens with one attached hydrogen (secondary N) is 1. The number of carbonyl (C=O) groups is 1. The minimum Gasteiger partial charge on any atom is -0.465 e. The number of hydrogen-bond acceptors (Lipinski definition) is 6. The summed E-state index contributed by atoms with van der Waals surface area (Å²) in [5, 5.41) is 3.32. The second-order valence-electron chi connectivity index (χ2n) is 4.97. The Morgan fingerprint density at radius 3 is 2.52 bits per heavy atom. The SMILES string of the molecule is COC.COC(=O)c1ccc(N)c(NC2COCC2C)c1. The van der Waals surface area contributed by atoms with Crippen molar-refractivity contribution in [2.24, 2.45) is 5.92 Å². The molecule has 0 radical (unpaired) electrons. The Kier molecular flexibility index (Phi) is 6.98. The molecule has 0 saturated carbocycles. The van der Waals surface area contributed by atoms with Crippen LogP contribution in [-0.4, -0.2) is 46.6 Å². The number of methoxy groups -OCH3 is 2. The molecule has 1 aliphatic heterocycles. The van der Waals surface area contributed by atoms with Crippen molar-refractivity contribution in [3.05, 3.63) is 23.8 Å². The van der Waals surface area contributed by atoms with Crippen LogP contribution in [0.25, 0.3) is 0 Å². The lowest BCUT2D eigenvalue weighted by atomic mass is 10.1. The molecule has 0 spiro atoms. The van der Waals surface area contributed by atoms with E-state index in [9.17, 15) is 4.79 Å². The van der Waals surface area contributed by atoms with Crippen molar-refractivity contribution in [2.75, 3.05) is 45.6 Å². The summed E-state index contributed by atoms with van der Waals surface area (Å²) in [6.07, 6.45) is 0. The number of esters is 1. The van der Waals surface area contributed by atoms with Crippen LogP contribution in [0.2, 0.25) is 0 Å². The van der Waals surface area contributed by atoms with E-state index in [0.717, 1.165) is 12.3 Å². The van der Waals surface area contributed by atoms with Gasteiger partial charge < -0.3 is 25.3 Å². The highest BCUT2D eigenvalue weighted by Crippen LogP contribution is 2.25. The first-order chi connectivity index (χ1) is 10.0. The molecule has 2 atom stereocenters. The Bertz CT molecular complexity index is 465. The van der Waals surface area contributed by atoms with Gasteiger partial charge in [0.15, 0.2) is 0 Å². The van der Waals surface area contributed by atoms with Crippen molar-refractivity contribution in [1.29, 1.82) is 0 Å². The number of hydrogen-bond donors (Lipinski definition) is 2. The van der Waals surface area contributed by atoms with E-state index >= 15 is 0 Å². The lowest BCUT2D eigenvalue weighted by Gasteiger charge is -2.18. The van der Waals surface area contributed by atoms with Gasteiger partial charge in [0, 0.05) is 20.1 Å². The van der Waals surface area contributed by atoms with Crippen molar-refractivity contribution in [2.45, 2.75) is 13.0 Å². The van der Waals surface area contributed by atoms with Gasteiger partial charge in [0.1, 0.15) is 0 Å². The number of rotatable bonds is 3. The maximum absolute atomic E-state index is 11.5. The number of nitrogens with two attached hydrogens (primary N) is 1. The van der Waals surface area contributed by atoms with Gasteiger partial charge in [0.2, 0.25) is 0 Å². The summed E-state index contributed by atoms with van der Waals surface area (Å²) < 4.78 is 14.3. The molecule has 6 heteroatoms. The molecule has 1 aliphatic rings. The van der Waals surface area contributed by atoms with Gasteiger partial charge in [-0.15, -0.1) is 0 Å². The van der Waals surface area contributed by atoms with E-state index in [4.69, 9.17) is 15.2 Å². The molecule has 2 rings (SSSR count). The molecular formula is C15H24N2O4. The Hall–Kier alpha value is -1.79. The summed E-state index contributed by atoms with van der Waals surface area (Å²) >= 11 is 0. The zero-order valence-electron chi connectivity index (χ0n) is 13.0. The molecule has 1 heterocycles. The smallest absolute Gasteiger partial charge is 0.337 e. The third-order valence-corrected chi connectivity index (χ3v) is 3.18. The monoisotopic (exact) mass is 296 g/mol. The summed E-state index contributed by atoms with van der Waals surface area (Å²) in [4.78, 5) is 11.5. The van der Waals surface area contributed by atoms with Crippen LogP contribution in [0.3, 0.4) is 0 Å². The molecule has 0 amide bonds.